The fraction of sp³-hybridized carbons (Fsp3) is 0.769. The van der Waals surface area contributed by atoms with Crippen LogP contribution in [-0.4, -0.2) is 49.2 Å². The Balaban J connectivity index is 2.65. The van der Waals surface area contributed by atoms with Gasteiger partial charge in [-0.1, -0.05) is 20.8 Å². The summed E-state index contributed by atoms with van der Waals surface area (Å²) < 4.78 is 27.7. The van der Waals surface area contributed by atoms with Crippen molar-refractivity contribution in [2.75, 3.05) is 26.7 Å². The van der Waals surface area contributed by atoms with Gasteiger partial charge in [0, 0.05) is 26.3 Å². The van der Waals surface area contributed by atoms with Crippen molar-refractivity contribution in [2.45, 2.75) is 38.6 Å². The Morgan fingerprint density at radius 3 is 2.75 bits per heavy atom. The largest absolute Gasteiger partial charge is 0.317 e. The average molecular weight is 302 g/mol. The first kappa shape index (κ1) is 17.1. The second-order valence-electron chi connectivity index (χ2n) is 5.33. The van der Waals surface area contributed by atoms with E-state index in [0.29, 0.717) is 12.5 Å². The third-order valence-corrected chi connectivity index (χ3v) is 4.71. The predicted octanol–water partition coefficient (Wildman–Crippen LogP) is 1.16. The number of aromatic nitrogens is 2. The van der Waals surface area contributed by atoms with Crippen molar-refractivity contribution in [3.8, 4) is 0 Å². The van der Waals surface area contributed by atoms with E-state index in [4.69, 9.17) is 0 Å². The molecule has 0 saturated carbocycles. The Kier molecular flexibility index (Phi) is 6.64. The Bertz CT molecular complexity index is 496. The zero-order chi connectivity index (χ0) is 15.2. The van der Waals surface area contributed by atoms with Crippen LogP contribution in [0.15, 0.2) is 17.3 Å². The average Bonchev–Trinajstić information content (AvgIpc) is 2.83. The third kappa shape index (κ3) is 4.88. The first-order valence-electron chi connectivity index (χ1n) is 7.07. The monoisotopic (exact) mass is 302 g/mol. The first-order valence-corrected chi connectivity index (χ1v) is 8.51. The summed E-state index contributed by atoms with van der Waals surface area (Å²) in [5.41, 5.74) is 0. The standard InChI is InChI=1S/C13H26N4O2S/c1-5-14-7-6-8-17-11-13(9-15-17)20(18,19)16(4)10-12(2)3/h9,11-12,14H,5-8,10H2,1-4H3. The van der Waals surface area contributed by atoms with Crippen LogP contribution in [-0.2, 0) is 16.6 Å². The van der Waals surface area contributed by atoms with Crippen molar-refractivity contribution in [3.63, 3.8) is 0 Å². The summed E-state index contributed by atoms with van der Waals surface area (Å²) in [6.45, 7) is 9.13. The van der Waals surface area contributed by atoms with Gasteiger partial charge in [0.15, 0.2) is 0 Å². The molecule has 7 heteroatoms. The second kappa shape index (κ2) is 7.75. The zero-order valence-corrected chi connectivity index (χ0v) is 13.7. The van der Waals surface area contributed by atoms with Crippen LogP contribution in [0.5, 0.6) is 0 Å². The van der Waals surface area contributed by atoms with E-state index >= 15 is 0 Å². The van der Waals surface area contributed by atoms with Crippen LogP contribution in [0.25, 0.3) is 0 Å². The molecule has 0 aromatic carbocycles. The SMILES string of the molecule is CCNCCCn1cc(S(=O)(=O)N(C)CC(C)C)cn1. The number of nitrogens with one attached hydrogen (secondary N) is 1. The lowest BCUT2D eigenvalue weighted by molar-refractivity contribution is 0.417. The Morgan fingerprint density at radius 2 is 2.15 bits per heavy atom. The molecule has 1 heterocycles. The van der Waals surface area contributed by atoms with Gasteiger partial charge in [-0.3, -0.25) is 4.68 Å². The third-order valence-electron chi connectivity index (χ3n) is 2.93. The minimum Gasteiger partial charge on any atom is -0.317 e. The summed E-state index contributed by atoms with van der Waals surface area (Å²) in [6, 6.07) is 0. The summed E-state index contributed by atoms with van der Waals surface area (Å²) in [7, 11) is -1.81. The maximum absolute atomic E-state index is 12.3. The van der Waals surface area contributed by atoms with Crippen molar-refractivity contribution in [1.29, 1.82) is 0 Å². The van der Waals surface area contributed by atoms with Crippen molar-refractivity contribution >= 4 is 10.0 Å². The molecule has 0 radical (unpaired) electrons. The smallest absolute Gasteiger partial charge is 0.245 e. The number of hydrogen-bond donors (Lipinski definition) is 1. The van der Waals surface area contributed by atoms with Gasteiger partial charge in [0.2, 0.25) is 10.0 Å². The van der Waals surface area contributed by atoms with E-state index < -0.39 is 10.0 Å². The maximum atomic E-state index is 12.3. The molecule has 0 aliphatic rings. The van der Waals surface area contributed by atoms with E-state index in [1.807, 2.05) is 13.8 Å². The van der Waals surface area contributed by atoms with Gasteiger partial charge in [-0.2, -0.15) is 5.10 Å². The molecule has 20 heavy (non-hydrogen) atoms. The molecule has 0 spiro atoms. The number of aryl methyl sites for hydroxylation is 1. The van der Waals surface area contributed by atoms with Crippen molar-refractivity contribution in [3.05, 3.63) is 12.4 Å². The molecule has 6 nitrogen and oxygen atoms in total. The van der Waals surface area contributed by atoms with Gasteiger partial charge in [0.1, 0.15) is 4.90 Å². The maximum Gasteiger partial charge on any atom is 0.245 e. The Hall–Kier alpha value is -0.920. The van der Waals surface area contributed by atoms with Crippen LogP contribution in [0.3, 0.4) is 0 Å². The van der Waals surface area contributed by atoms with Gasteiger partial charge in [-0.05, 0) is 25.4 Å². The molecule has 0 amide bonds. The van der Waals surface area contributed by atoms with E-state index in [1.54, 1.807) is 17.9 Å². The zero-order valence-electron chi connectivity index (χ0n) is 12.8. The molecular weight excluding hydrogens is 276 g/mol. The van der Waals surface area contributed by atoms with Gasteiger partial charge in [-0.15, -0.1) is 0 Å². The molecule has 0 aliphatic carbocycles. The summed E-state index contributed by atoms with van der Waals surface area (Å²) in [5.74, 6) is 0.296. The van der Waals surface area contributed by atoms with Gasteiger partial charge in [0.25, 0.3) is 0 Å². The van der Waals surface area contributed by atoms with Crippen molar-refractivity contribution in [2.24, 2.45) is 5.92 Å². The van der Waals surface area contributed by atoms with Crippen LogP contribution in [0, 0.1) is 5.92 Å². The highest BCUT2D eigenvalue weighted by molar-refractivity contribution is 7.89. The Labute approximate surface area is 122 Å². The molecule has 1 aromatic rings. The predicted molar refractivity (Wildman–Crippen MR) is 80.0 cm³/mol. The fourth-order valence-electron chi connectivity index (χ4n) is 1.94. The highest BCUT2D eigenvalue weighted by Gasteiger charge is 2.22. The van der Waals surface area contributed by atoms with E-state index in [-0.39, 0.29) is 4.90 Å². The number of hydrogen-bond acceptors (Lipinski definition) is 4. The summed E-state index contributed by atoms with van der Waals surface area (Å²) in [4.78, 5) is 0.268. The highest BCUT2D eigenvalue weighted by Crippen LogP contribution is 2.14. The van der Waals surface area contributed by atoms with E-state index in [2.05, 4.69) is 17.3 Å². The van der Waals surface area contributed by atoms with Crippen molar-refractivity contribution in [1.82, 2.24) is 19.4 Å². The first-order chi connectivity index (χ1) is 9.37. The summed E-state index contributed by atoms with van der Waals surface area (Å²) in [5, 5.41) is 7.35. The normalized spacial score (nSPS) is 12.5. The van der Waals surface area contributed by atoms with Crippen LogP contribution < -0.4 is 5.32 Å². The van der Waals surface area contributed by atoms with Crippen LogP contribution >= 0.6 is 0 Å². The number of nitrogens with zero attached hydrogens (tertiary/aromatic N) is 3. The molecule has 116 valence electrons. The quantitative estimate of drug-likeness (QED) is 0.695. The molecule has 0 atom stereocenters. The second-order valence-corrected chi connectivity index (χ2v) is 7.37. The van der Waals surface area contributed by atoms with E-state index in [9.17, 15) is 8.42 Å². The number of sulfonamides is 1. The van der Waals surface area contributed by atoms with E-state index in [0.717, 1.165) is 26.1 Å². The minimum atomic E-state index is -3.41. The summed E-state index contributed by atoms with van der Waals surface area (Å²) >= 11 is 0. The van der Waals surface area contributed by atoms with Gasteiger partial charge in [-0.25, -0.2) is 12.7 Å². The van der Waals surface area contributed by atoms with Crippen LogP contribution in [0.4, 0.5) is 0 Å². The fourth-order valence-corrected chi connectivity index (χ4v) is 3.22. The molecule has 1 rings (SSSR count). The highest BCUT2D eigenvalue weighted by atomic mass is 32.2. The number of rotatable bonds is 9. The molecule has 0 bridgehead atoms. The molecule has 1 aromatic heterocycles. The molecule has 0 aliphatic heterocycles. The lowest BCUT2D eigenvalue weighted by Gasteiger charge is -2.17. The van der Waals surface area contributed by atoms with Gasteiger partial charge in [0.05, 0.1) is 6.20 Å². The molecule has 1 N–H and O–H groups in total. The van der Waals surface area contributed by atoms with Crippen LogP contribution in [0.1, 0.15) is 27.2 Å². The lowest BCUT2D eigenvalue weighted by atomic mass is 10.2. The molecule has 0 unspecified atom stereocenters. The van der Waals surface area contributed by atoms with Crippen molar-refractivity contribution < 1.29 is 8.42 Å². The molecule has 0 fully saturated rings. The van der Waals surface area contributed by atoms with Gasteiger partial charge < -0.3 is 5.32 Å². The lowest BCUT2D eigenvalue weighted by Crippen LogP contribution is -2.30. The summed E-state index contributed by atoms with van der Waals surface area (Å²) in [6.07, 6.45) is 3.97. The molecular formula is C13H26N4O2S. The van der Waals surface area contributed by atoms with E-state index in [1.165, 1.54) is 10.5 Å². The Morgan fingerprint density at radius 1 is 1.45 bits per heavy atom. The molecule has 0 saturated heterocycles. The van der Waals surface area contributed by atoms with Crippen LogP contribution in [0.2, 0.25) is 0 Å². The minimum absolute atomic E-state index is 0.268. The van der Waals surface area contributed by atoms with Gasteiger partial charge >= 0.3 is 0 Å². The topological polar surface area (TPSA) is 67.2 Å².